The van der Waals surface area contributed by atoms with Crippen LogP contribution in [0, 0.1) is 5.41 Å². The van der Waals surface area contributed by atoms with Gasteiger partial charge in [-0.2, -0.15) is 0 Å². The molecule has 2 aromatic rings. The van der Waals surface area contributed by atoms with E-state index < -0.39 is 0 Å². The van der Waals surface area contributed by atoms with E-state index >= 15 is 0 Å². The summed E-state index contributed by atoms with van der Waals surface area (Å²) in [6.45, 7) is 3.97. The van der Waals surface area contributed by atoms with Gasteiger partial charge in [0.1, 0.15) is 11.5 Å². The van der Waals surface area contributed by atoms with Crippen molar-refractivity contribution in [2.24, 2.45) is 5.41 Å². The number of hydrogen-bond acceptors (Lipinski definition) is 4. The Balaban J connectivity index is 1.43. The van der Waals surface area contributed by atoms with Crippen LogP contribution in [0.5, 0.6) is 11.5 Å². The molecule has 2 saturated heterocycles. The molecule has 1 spiro atoms. The van der Waals surface area contributed by atoms with E-state index in [0.717, 1.165) is 62.3 Å². The fourth-order valence-corrected chi connectivity index (χ4v) is 4.68. The molecule has 28 heavy (non-hydrogen) atoms. The van der Waals surface area contributed by atoms with Gasteiger partial charge in [0, 0.05) is 26.2 Å². The van der Waals surface area contributed by atoms with Crippen LogP contribution in [-0.4, -0.2) is 47.6 Å². The third-order valence-corrected chi connectivity index (χ3v) is 6.08. The number of carbonyl (C=O) groups is 1. The van der Waals surface area contributed by atoms with Crippen molar-refractivity contribution in [2.45, 2.75) is 32.4 Å². The number of benzene rings is 2. The van der Waals surface area contributed by atoms with Crippen LogP contribution in [0.25, 0.3) is 0 Å². The zero-order valence-electron chi connectivity index (χ0n) is 16.4. The van der Waals surface area contributed by atoms with Crippen molar-refractivity contribution in [3.63, 3.8) is 0 Å². The Labute approximate surface area is 166 Å². The second kappa shape index (κ2) is 7.84. The lowest BCUT2D eigenvalue weighted by molar-refractivity contribution is -0.146. The lowest BCUT2D eigenvalue weighted by Crippen LogP contribution is -2.49. The summed E-state index contributed by atoms with van der Waals surface area (Å²) in [4.78, 5) is 17.8. The molecule has 2 aliphatic rings. The van der Waals surface area contributed by atoms with Crippen LogP contribution in [0.15, 0.2) is 48.5 Å². The fourth-order valence-electron chi connectivity index (χ4n) is 4.68. The summed E-state index contributed by atoms with van der Waals surface area (Å²) >= 11 is 0. The summed E-state index contributed by atoms with van der Waals surface area (Å²) in [5, 5.41) is 9.70. The molecule has 5 heteroatoms. The molecule has 2 aliphatic heterocycles. The van der Waals surface area contributed by atoms with Gasteiger partial charge in [0.15, 0.2) is 0 Å². The second-order valence-electron chi connectivity index (χ2n) is 8.09. The maximum Gasteiger partial charge on any atom is 0.230 e. The number of phenols is 1. The molecule has 1 unspecified atom stereocenters. The number of carbonyl (C=O) groups excluding carboxylic acids is 1. The Hall–Kier alpha value is -2.53. The number of likely N-dealkylation sites (tertiary alicyclic amines) is 2. The van der Waals surface area contributed by atoms with Crippen LogP contribution >= 0.6 is 0 Å². The van der Waals surface area contributed by atoms with Gasteiger partial charge in [0.2, 0.25) is 5.91 Å². The SMILES string of the molecule is COc1cccc(CN2CCCC3(CCN(Cc4cccc(O)c4)C3)C2=O)c1. The molecule has 2 fully saturated rings. The molecule has 0 saturated carbocycles. The number of ether oxygens (including phenoxy) is 1. The Kier molecular flexibility index (Phi) is 5.27. The largest absolute Gasteiger partial charge is 0.508 e. The minimum Gasteiger partial charge on any atom is -0.508 e. The number of amides is 1. The number of phenolic OH excluding ortho intramolecular Hbond substituents is 1. The van der Waals surface area contributed by atoms with Crippen molar-refractivity contribution in [1.82, 2.24) is 9.80 Å². The molecule has 4 rings (SSSR count). The summed E-state index contributed by atoms with van der Waals surface area (Å²) in [5.74, 6) is 1.42. The Morgan fingerprint density at radius 3 is 2.61 bits per heavy atom. The van der Waals surface area contributed by atoms with Crippen molar-refractivity contribution in [2.75, 3.05) is 26.7 Å². The van der Waals surface area contributed by atoms with Gasteiger partial charge < -0.3 is 14.7 Å². The highest BCUT2D eigenvalue weighted by Gasteiger charge is 2.48. The first-order valence-corrected chi connectivity index (χ1v) is 10.0. The number of aromatic hydroxyl groups is 1. The minimum atomic E-state index is -0.256. The van der Waals surface area contributed by atoms with Crippen molar-refractivity contribution in [1.29, 1.82) is 0 Å². The predicted molar refractivity (Wildman–Crippen MR) is 108 cm³/mol. The maximum atomic E-state index is 13.4. The number of hydrogen-bond donors (Lipinski definition) is 1. The van der Waals surface area contributed by atoms with Crippen LogP contribution in [0.3, 0.4) is 0 Å². The molecule has 0 bridgehead atoms. The number of rotatable bonds is 5. The van der Waals surface area contributed by atoms with Crippen LogP contribution in [0.4, 0.5) is 0 Å². The summed E-state index contributed by atoms with van der Waals surface area (Å²) in [7, 11) is 1.67. The quantitative estimate of drug-likeness (QED) is 0.864. The van der Waals surface area contributed by atoms with Gasteiger partial charge in [-0.3, -0.25) is 9.69 Å². The fraction of sp³-hybridized carbons (Fsp3) is 0.435. The van der Waals surface area contributed by atoms with Crippen molar-refractivity contribution >= 4 is 5.91 Å². The molecule has 2 aromatic carbocycles. The summed E-state index contributed by atoms with van der Waals surface area (Å²) in [5.41, 5.74) is 1.95. The van der Waals surface area contributed by atoms with Crippen LogP contribution in [0.1, 0.15) is 30.4 Å². The van der Waals surface area contributed by atoms with Gasteiger partial charge in [-0.25, -0.2) is 0 Å². The maximum absolute atomic E-state index is 13.4. The summed E-state index contributed by atoms with van der Waals surface area (Å²) < 4.78 is 5.32. The average Bonchev–Trinajstić information content (AvgIpc) is 3.09. The third kappa shape index (κ3) is 3.85. The molecule has 2 heterocycles. The molecular formula is C23H28N2O3. The zero-order valence-corrected chi connectivity index (χ0v) is 16.4. The number of nitrogens with zero attached hydrogens (tertiary/aromatic N) is 2. The van der Waals surface area contributed by atoms with Crippen molar-refractivity contribution < 1.29 is 14.6 Å². The number of piperidine rings is 1. The molecule has 0 aromatic heterocycles. The van der Waals surface area contributed by atoms with Crippen LogP contribution in [0.2, 0.25) is 0 Å². The third-order valence-electron chi connectivity index (χ3n) is 6.08. The monoisotopic (exact) mass is 380 g/mol. The average molecular weight is 380 g/mol. The smallest absolute Gasteiger partial charge is 0.230 e. The van der Waals surface area contributed by atoms with Crippen LogP contribution < -0.4 is 4.74 Å². The normalized spacial score (nSPS) is 22.8. The van der Waals surface area contributed by atoms with Gasteiger partial charge >= 0.3 is 0 Å². The van der Waals surface area contributed by atoms with Crippen molar-refractivity contribution in [3.05, 3.63) is 59.7 Å². The van der Waals surface area contributed by atoms with Gasteiger partial charge in [-0.15, -0.1) is 0 Å². The highest BCUT2D eigenvalue weighted by Crippen LogP contribution is 2.41. The standard InChI is InChI=1S/C23H28N2O3/c1-28-21-8-3-6-19(14-21)16-25-11-4-9-23(22(25)27)10-12-24(17-23)15-18-5-2-7-20(26)13-18/h2-3,5-8,13-14,26H,4,9-12,15-17H2,1H3. The first-order chi connectivity index (χ1) is 13.6. The number of methoxy groups -OCH3 is 1. The van der Waals surface area contributed by atoms with Crippen molar-refractivity contribution in [3.8, 4) is 11.5 Å². The van der Waals surface area contributed by atoms with E-state index in [4.69, 9.17) is 4.74 Å². The molecule has 1 amide bonds. The predicted octanol–water partition coefficient (Wildman–Crippen LogP) is 3.42. The van der Waals surface area contributed by atoms with E-state index in [1.807, 2.05) is 41.3 Å². The molecule has 5 nitrogen and oxygen atoms in total. The molecule has 0 radical (unpaired) electrons. The summed E-state index contributed by atoms with van der Waals surface area (Å²) in [6, 6.07) is 15.4. The van der Waals surface area contributed by atoms with E-state index in [2.05, 4.69) is 11.0 Å². The van der Waals surface area contributed by atoms with E-state index in [9.17, 15) is 9.90 Å². The Bertz CT molecular complexity index is 853. The lowest BCUT2D eigenvalue weighted by Gasteiger charge is -2.39. The molecular weight excluding hydrogens is 352 g/mol. The van der Waals surface area contributed by atoms with E-state index in [1.54, 1.807) is 13.2 Å². The Morgan fingerprint density at radius 1 is 1.04 bits per heavy atom. The van der Waals surface area contributed by atoms with Gasteiger partial charge in [0.25, 0.3) is 0 Å². The Morgan fingerprint density at radius 2 is 1.82 bits per heavy atom. The van der Waals surface area contributed by atoms with Gasteiger partial charge in [-0.05, 0) is 61.2 Å². The van der Waals surface area contributed by atoms with E-state index in [-0.39, 0.29) is 5.41 Å². The molecule has 148 valence electrons. The minimum absolute atomic E-state index is 0.256. The second-order valence-corrected chi connectivity index (χ2v) is 8.09. The lowest BCUT2D eigenvalue weighted by atomic mass is 9.78. The van der Waals surface area contributed by atoms with Gasteiger partial charge in [-0.1, -0.05) is 24.3 Å². The first-order valence-electron chi connectivity index (χ1n) is 10.0. The van der Waals surface area contributed by atoms with E-state index in [1.165, 1.54) is 0 Å². The highest BCUT2D eigenvalue weighted by molar-refractivity contribution is 5.84. The zero-order chi connectivity index (χ0) is 19.6. The van der Waals surface area contributed by atoms with Crippen LogP contribution in [-0.2, 0) is 17.9 Å². The van der Waals surface area contributed by atoms with E-state index in [0.29, 0.717) is 18.2 Å². The van der Waals surface area contributed by atoms with Gasteiger partial charge in [0.05, 0.1) is 12.5 Å². The summed E-state index contributed by atoms with van der Waals surface area (Å²) in [6.07, 6.45) is 2.94. The topological polar surface area (TPSA) is 53.0 Å². The first kappa shape index (κ1) is 18.8. The highest BCUT2D eigenvalue weighted by atomic mass is 16.5. The molecule has 1 atom stereocenters. The molecule has 1 N–H and O–H groups in total. The molecule has 0 aliphatic carbocycles.